The zero-order valence-corrected chi connectivity index (χ0v) is 10.8. The van der Waals surface area contributed by atoms with E-state index in [1.54, 1.807) is 7.11 Å². The first-order chi connectivity index (χ1) is 7.76. The molecule has 88 valence electrons. The molecule has 0 amide bonds. The molecule has 0 aliphatic rings. The van der Waals surface area contributed by atoms with Gasteiger partial charge >= 0.3 is 0 Å². The highest BCUT2D eigenvalue weighted by Gasteiger charge is 1.94. The van der Waals surface area contributed by atoms with Crippen molar-refractivity contribution in [2.45, 2.75) is 26.2 Å². The number of halogens is 1. The average Bonchev–Trinajstić information content (AvgIpc) is 2.30. The van der Waals surface area contributed by atoms with Crippen molar-refractivity contribution in [1.29, 1.82) is 0 Å². The van der Waals surface area contributed by atoms with Crippen LogP contribution in [0.15, 0.2) is 29.8 Å². The van der Waals surface area contributed by atoms with E-state index in [0.29, 0.717) is 0 Å². The molecule has 0 aliphatic carbocycles. The number of rotatable bonds is 6. The molecule has 1 aromatic carbocycles. The Kier molecular flexibility index (Phi) is 6.02. The van der Waals surface area contributed by atoms with Gasteiger partial charge in [0, 0.05) is 5.88 Å². The van der Waals surface area contributed by atoms with Gasteiger partial charge in [0.15, 0.2) is 0 Å². The van der Waals surface area contributed by atoms with Gasteiger partial charge in [-0.25, -0.2) is 0 Å². The van der Waals surface area contributed by atoms with Crippen molar-refractivity contribution in [3.8, 4) is 5.75 Å². The number of alkyl halides is 1. The third kappa shape index (κ3) is 4.71. The predicted molar refractivity (Wildman–Crippen MR) is 71.2 cm³/mol. The van der Waals surface area contributed by atoms with Crippen LogP contribution in [0.1, 0.15) is 31.7 Å². The molecule has 16 heavy (non-hydrogen) atoms. The molecule has 0 heterocycles. The van der Waals surface area contributed by atoms with E-state index in [4.69, 9.17) is 16.3 Å². The average molecular weight is 239 g/mol. The normalized spacial score (nSPS) is 11.6. The molecule has 0 aliphatic heterocycles. The van der Waals surface area contributed by atoms with Gasteiger partial charge in [0.1, 0.15) is 5.75 Å². The summed E-state index contributed by atoms with van der Waals surface area (Å²) in [5, 5.41) is 0. The second kappa shape index (κ2) is 7.34. The summed E-state index contributed by atoms with van der Waals surface area (Å²) in [6, 6.07) is 8.11. The van der Waals surface area contributed by atoms with Gasteiger partial charge in [-0.2, -0.15) is 0 Å². The fourth-order valence-electron chi connectivity index (χ4n) is 1.56. The fraction of sp³-hybridized carbons (Fsp3) is 0.429. The minimum absolute atomic E-state index is 0.760. The second-order valence-electron chi connectivity index (χ2n) is 3.91. The lowest BCUT2D eigenvalue weighted by Crippen LogP contribution is -1.83. The van der Waals surface area contributed by atoms with Gasteiger partial charge < -0.3 is 4.74 Å². The van der Waals surface area contributed by atoms with Crippen LogP contribution in [0.5, 0.6) is 5.75 Å². The van der Waals surface area contributed by atoms with Gasteiger partial charge in [0.2, 0.25) is 0 Å². The minimum Gasteiger partial charge on any atom is -0.497 e. The number of unbranched alkanes of at least 4 members (excludes halogenated alkanes) is 1. The Balaban J connectivity index is 2.52. The quantitative estimate of drug-likeness (QED) is 0.524. The summed E-state index contributed by atoms with van der Waals surface area (Å²) < 4.78 is 5.12. The molecule has 0 saturated heterocycles. The monoisotopic (exact) mass is 238 g/mol. The maximum absolute atomic E-state index is 5.65. The molecule has 0 spiro atoms. The van der Waals surface area contributed by atoms with Crippen molar-refractivity contribution >= 4 is 17.7 Å². The lowest BCUT2D eigenvalue weighted by molar-refractivity contribution is 0.415. The smallest absolute Gasteiger partial charge is 0.118 e. The van der Waals surface area contributed by atoms with Crippen LogP contribution in [0.3, 0.4) is 0 Å². The third-order valence-corrected chi connectivity index (χ3v) is 2.75. The summed E-state index contributed by atoms with van der Waals surface area (Å²) in [5.41, 5.74) is 2.62. The Morgan fingerprint density at radius 1 is 1.25 bits per heavy atom. The first-order valence-electron chi connectivity index (χ1n) is 5.63. The number of allylic oxidation sites excluding steroid dienone is 1. The topological polar surface area (TPSA) is 9.23 Å². The predicted octanol–water partition coefficient (Wildman–Crippen LogP) is 4.51. The van der Waals surface area contributed by atoms with Gasteiger partial charge in [0.05, 0.1) is 7.11 Å². The Morgan fingerprint density at radius 2 is 1.94 bits per heavy atom. The molecule has 2 heteroatoms. The van der Waals surface area contributed by atoms with Gasteiger partial charge in [-0.1, -0.05) is 23.8 Å². The van der Waals surface area contributed by atoms with Crippen molar-refractivity contribution in [2.75, 3.05) is 13.0 Å². The van der Waals surface area contributed by atoms with E-state index >= 15 is 0 Å². The van der Waals surface area contributed by atoms with Crippen LogP contribution in [0.4, 0.5) is 0 Å². The largest absolute Gasteiger partial charge is 0.497 e. The Hall–Kier alpha value is -0.950. The van der Waals surface area contributed by atoms with Crippen LogP contribution >= 0.6 is 11.6 Å². The fourth-order valence-corrected chi connectivity index (χ4v) is 1.74. The summed E-state index contributed by atoms with van der Waals surface area (Å²) in [6.07, 6.45) is 5.60. The van der Waals surface area contributed by atoms with E-state index < -0.39 is 0 Å². The zero-order chi connectivity index (χ0) is 11.8. The number of benzene rings is 1. The molecular formula is C14H19ClO. The first kappa shape index (κ1) is 13.1. The first-order valence-corrected chi connectivity index (χ1v) is 6.17. The van der Waals surface area contributed by atoms with Gasteiger partial charge in [-0.15, -0.1) is 11.6 Å². The molecule has 0 bridgehead atoms. The Labute approximate surface area is 103 Å². The summed E-state index contributed by atoms with van der Waals surface area (Å²) in [7, 11) is 1.68. The highest BCUT2D eigenvalue weighted by atomic mass is 35.5. The maximum Gasteiger partial charge on any atom is 0.118 e. The lowest BCUT2D eigenvalue weighted by atomic mass is 10.1. The molecule has 1 nitrogen and oxygen atoms in total. The van der Waals surface area contributed by atoms with Gasteiger partial charge in [-0.05, 0) is 43.9 Å². The molecule has 1 aromatic rings. The molecule has 0 radical (unpaired) electrons. The van der Waals surface area contributed by atoms with Crippen LogP contribution in [0, 0.1) is 0 Å². The standard InChI is InChI=1S/C14H19ClO/c1-12(5-3-4-10-15)11-13-6-8-14(16-2)9-7-13/h6-9,11H,3-5,10H2,1-2H3/b12-11+. The molecule has 0 N–H and O–H groups in total. The molecule has 0 fully saturated rings. The van der Waals surface area contributed by atoms with Crippen molar-refractivity contribution in [2.24, 2.45) is 0 Å². The third-order valence-electron chi connectivity index (χ3n) is 2.48. The van der Waals surface area contributed by atoms with E-state index in [2.05, 4.69) is 25.1 Å². The molecule has 0 atom stereocenters. The summed E-state index contributed by atoms with van der Waals surface area (Å²) in [5.74, 6) is 1.66. The summed E-state index contributed by atoms with van der Waals surface area (Å²) in [6.45, 7) is 2.17. The SMILES string of the molecule is COc1ccc(/C=C(\C)CCCCCl)cc1. The summed E-state index contributed by atoms with van der Waals surface area (Å²) >= 11 is 5.65. The van der Waals surface area contributed by atoms with Crippen molar-refractivity contribution in [3.05, 3.63) is 35.4 Å². The molecule has 0 unspecified atom stereocenters. The molecule has 0 saturated carbocycles. The number of methoxy groups -OCH3 is 1. The van der Waals surface area contributed by atoms with Crippen LogP contribution in [0.2, 0.25) is 0 Å². The zero-order valence-electron chi connectivity index (χ0n) is 10.0. The number of ether oxygens (including phenoxy) is 1. The molecule has 0 aromatic heterocycles. The maximum atomic E-state index is 5.65. The highest BCUT2D eigenvalue weighted by molar-refractivity contribution is 6.17. The Bertz CT molecular complexity index is 327. The van der Waals surface area contributed by atoms with Crippen LogP contribution in [0.25, 0.3) is 6.08 Å². The highest BCUT2D eigenvalue weighted by Crippen LogP contribution is 2.16. The van der Waals surface area contributed by atoms with E-state index in [1.165, 1.54) is 17.6 Å². The van der Waals surface area contributed by atoms with Crippen LogP contribution in [-0.4, -0.2) is 13.0 Å². The van der Waals surface area contributed by atoms with E-state index in [1.807, 2.05) is 12.1 Å². The summed E-state index contributed by atoms with van der Waals surface area (Å²) in [4.78, 5) is 0. The van der Waals surface area contributed by atoms with E-state index in [0.717, 1.165) is 24.5 Å². The minimum atomic E-state index is 0.760. The second-order valence-corrected chi connectivity index (χ2v) is 4.29. The van der Waals surface area contributed by atoms with Crippen LogP contribution in [-0.2, 0) is 0 Å². The molecule has 1 rings (SSSR count). The Morgan fingerprint density at radius 3 is 2.50 bits per heavy atom. The van der Waals surface area contributed by atoms with Gasteiger partial charge in [-0.3, -0.25) is 0 Å². The molecular weight excluding hydrogens is 220 g/mol. The van der Waals surface area contributed by atoms with Crippen LogP contribution < -0.4 is 4.74 Å². The van der Waals surface area contributed by atoms with E-state index in [-0.39, 0.29) is 0 Å². The number of hydrogen-bond donors (Lipinski definition) is 0. The number of hydrogen-bond acceptors (Lipinski definition) is 1. The van der Waals surface area contributed by atoms with E-state index in [9.17, 15) is 0 Å². The lowest BCUT2D eigenvalue weighted by Gasteiger charge is -2.02. The van der Waals surface area contributed by atoms with Crippen molar-refractivity contribution < 1.29 is 4.74 Å². The van der Waals surface area contributed by atoms with Crippen molar-refractivity contribution in [1.82, 2.24) is 0 Å². The van der Waals surface area contributed by atoms with Crippen molar-refractivity contribution in [3.63, 3.8) is 0 Å². The van der Waals surface area contributed by atoms with Gasteiger partial charge in [0.25, 0.3) is 0 Å².